The lowest BCUT2D eigenvalue weighted by atomic mass is 9.93. The molecule has 43 heavy (non-hydrogen) atoms. The van der Waals surface area contributed by atoms with Gasteiger partial charge in [-0.05, 0) is 64.0 Å². The summed E-state index contributed by atoms with van der Waals surface area (Å²) >= 11 is 0. The summed E-state index contributed by atoms with van der Waals surface area (Å²) in [5, 5.41) is 7.23. The molecule has 1 atom stereocenters. The van der Waals surface area contributed by atoms with Gasteiger partial charge in [-0.3, -0.25) is 4.57 Å². The number of para-hydroxylation sites is 3. The summed E-state index contributed by atoms with van der Waals surface area (Å²) in [6, 6.07) is 15.8. The highest BCUT2D eigenvalue weighted by Gasteiger charge is 2.27. The summed E-state index contributed by atoms with van der Waals surface area (Å²) in [6.45, 7) is 8.52. The number of ether oxygens (including phenoxy) is 1. The predicted octanol–water partition coefficient (Wildman–Crippen LogP) is 5.17. The first-order chi connectivity index (χ1) is 20.3. The Labute approximate surface area is 251 Å². The molecule has 10 nitrogen and oxygen atoms in total. The van der Waals surface area contributed by atoms with Crippen molar-refractivity contribution in [1.82, 2.24) is 29.4 Å². The second-order valence-electron chi connectivity index (χ2n) is 11.7. The zero-order valence-corrected chi connectivity index (χ0v) is 24.2. The quantitative estimate of drug-likeness (QED) is 0.273. The number of hydrogen-bond donors (Lipinski definition) is 2. The van der Waals surface area contributed by atoms with Crippen LogP contribution in [0.25, 0.3) is 17.0 Å². The third-order valence-electron chi connectivity index (χ3n) is 7.74. The van der Waals surface area contributed by atoms with E-state index in [1.54, 1.807) is 24.3 Å². The molecule has 0 aliphatic carbocycles. The summed E-state index contributed by atoms with van der Waals surface area (Å²) < 4.78 is 35.3. The van der Waals surface area contributed by atoms with Crippen LogP contribution in [0.5, 0.6) is 0 Å². The Balaban J connectivity index is 0.00000368. The van der Waals surface area contributed by atoms with Gasteiger partial charge in [-0.2, -0.15) is 15.0 Å². The number of hydrogen-bond acceptors (Lipinski definition) is 9. The number of anilines is 3. The van der Waals surface area contributed by atoms with E-state index in [9.17, 15) is 8.78 Å². The first-order valence-corrected chi connectivity index (χ1v) is 14.4. The molecule has 2 saturated heterocycles. The van der Waals surface area contributed by atoms with Crippen LogP contribution in [0.15, 0.2) is 48.5 Å². The summed E-state index contributed by atoms with van der Waals surface area (Å²) in [4.78, 5) is 22.6. The molecule has 4 heterocycles. The van der Waals surface area contributed by atoms with Crippen LogP contribution in [0, 0.1) is 0 Å². The molecule has 230 valence electrons. The number of morpholine rings is 1. The molecule has 2 aromatic heterocycles. The van der Waals surface area contributed by atoms with Crippen LogP contribution >= 0.6 is 0 Å². The van der Waals surface area contributed by atoms with E-state index in [0.29, 0.717) is 61.7 Å². The average Bonchev–Trinajstić information content (AvgIpc) is 3.57. The van der Waals surface area contributed by atoms with Gasteiger partial charge in [0.15, 0.2) is 5.82 Å². The van der Waals surface area contributed by atoms with Gasteiger partial charge in [0.05, 0.1) is 24.2 Å². The molecule has 4 aromatic rings. The Kier molecular flexibility index (Phi) is 9.07. The molecule has 0 radical (unpaired) electrons. The fourth-order valence-electron chi connectivity index (χ4n) is 5.73. The number of nitrogens with zero attached hydrogens (tertiary/aromatic N) is 7. The van der Waals surface area contributed by atoms with E-state index in [-0.39, 0.29) is 13.4 Å². The molecule has 2 fully saturated rings. The van der Waals surface area contributed by atoms with Crippen molar-refractivity contribution in [2.75, 3.05) is 62.0 Å². The fourth-order valence-corrected chi connectivity index (χ4v) is 5.73. The number of likely N-dealkylation sites (N-methyl/N-ethyl adjacent to an activating group) is 1. The number of aromatic nitrogens is 5. The minimum atomic E-state index is -2.81. The second kappa shape index (κ2) is 12.8. The molecule has 12 heteroatoms. The zero-order valence-electron chi connectivity index (χ0n) is 24.2. The van der Waals surface area contributed by atoms with Crippen molar-refractivity contribution >= 4 is 28.6 Å². The summed E-state index contributed by atoms with van der Waals surface area (Å²) in [7, 11) is 2.14. The molecule has 0 bridgehead atoms. The smallest absolute Gasteiger partial charge is 0.296 e. The van der Waals surface area contributed by atoms with Gasteiger partial charge in [-0.1, -0.05) is 37.8 Å². The standard InChI is InChI=1S/C30H37F2N9O.CH4/c1-30(2,18-20-8-4-5-9-22(20)33-21-12-13-39(3)19-21)38-27-35-28(40-14-16-42-17-15-40)37-29(36-27)41-24-11-7-6-10-23(24)34-26(41)25(31)32;/h4-11,21,25,33H,12-19H2,1-3H3,(H,35,36,37,38);1H4. The van der Waals surface area contributed by atoms with Crippen LogP contribution in [0.4, 0.5) is 26.4 Å². The second-order valence-corrected chi connectivity index (χ2v) is 11.7. The van der Waals surface area contributed by atoms with Gasteiger partial charge in [-0.25, -0.2) is 13.8 Å². The third kappa shape index (κ3) is 6.86. The monoisotopic (exact) mass is 593 g/mol. The Bertz CT molecular complexity index is 1540. The van der Waals surface area contributed by atoms with E-state index in [4.69, 9.17) is 9.72 Å². The van der Waals surface area contributed by atoms with Gasteiger partial charge in [0.25, 0.3) is 6.43 Å². The Morgan fingerprint density at radius 1 is 0.953 bits per heavy atom. The number of imidazole rings is 1. The van der Waals surface area contributed by atoms with E-state index in [1.165, 1.54) is 10.1 Å². The van der Waals surface area contributed by atoms with Gasteiger partial charge in [-0.15, -0.1) is 0 Å². The van der Waals surface area contributed by atoms with E-state index in [1.807, 2.05) is 17.0 Å². The Hall–Kier alpha value is -3.90. The average molecular weight is 594 g/mol. The Morgan fingerprint density at radius 2 is 1.67 bits per heavy atom. The lowest BCUT2D eigenvalue weighted by Gasteiger charge is -2.30. The summed E-state index contributed by atoms with van der Waals surface area (Å²) in [6.07, 6.45) is -1.02. The highest BCUT2D eigenvalue weighted by Crippen LogP contribution is 2.29. The molecule has 2 aliphatic heterocycles. The van der Waals surface area contributed by atoms with Crippen LogP contribution in [-0.2, 0) is 11.2 Å². The number of rotatable bonds is 9. The van der Waals surface area contributed by atoms with Crippen molar-refractivity contribution < 1.29 is 13.5 Å². The van der Waals surface area contributed by atoms with Crippen LogP contribution in [0.1, 0.15) is 45.5 Å². The zero-order chi connectivity index (χ0) is 29.3. The highest BCUT2D eigenvalue weighted by atomic mass is 19.3. The van der Waals surface area contributed by atoms with Crippen LogP contribution in [0.3, 0.4) is 0 Å². The van der Waals surface area contributed by atoms with E-state index in [0.717, 1.165) is 25.2 Å². The maximum atomic E-state index is 14.2. The number of benzene rings is 2. The van der Waals surface area contributed by atoms with Crippen molar-refractivity contribution in [2.24, 2.45) is 0 Å². The number of fused-ring (bicyclic) bond motifs is 1. The molecular weight excluding hydrogens is 552 g/mol. The SMILES string of the molecule is C.CN1CCC(Nc2ccccc2CC(C)(C)Nc2nc(N3CCOCC3)nc(-n3c(C(F)F)nc4ccccc43)n2)C1. The predicted molar refractivity (Wildman–Crippen MR) is 167 cm³/mol. The minimum absolute atomic E-state index is 0. The lowest BCUT2D eigenvalue weighted by molar-refractivity contribution is 0.122. The van der Waals surface area contributed by atoms with Crippen molar-refractivity contribution in [1.29, 1.82) is 0 Å². The van der Waals surface area contributed by atoms with Crippen LogP contribution in [0.2, 0.25) is 0 Å². The van der Waals surface area contributed by atoms with Gasteiger partial charge in [0.2, 0.25) is 17.8 Å². The molecule has 2 aromatic carbocycles. The van der Waals surface area contributed by atoms with Gasteiger partial charge >= 0.3 is 0 Å². The summed E-state index contributed by atoms with van der Waals surface area (Å²) in [5.41, 5.74) is 2.77. The highest BCUT2D eigenvalue weighted by molar-refractivity contribution is 5.77. The van der Waals surface area contributed by atoms with Crippen LogP contribution in [-0.4, -0.2) is 87.4 Å². The molecule has 0 saturated carbocycles. The Morgan fingerprint density at radius 3 is 2.42 bits per heavy atom. The number of halogens is 2. The van der Waals surface area contributed by atoms with Crippen LogP contribution < -0.4 is 15.5 Å². The third-order valence-corrected chi connectivity index (χ3v) is 7.74. The van der Waals surface area contributed by atoms with Crippen molar-refractivity contribution in [2.45, 2.75) is 52.1 Å². The summed E-state index contributed by atoms with van der Waals surface area (Å²) in [5.74, 6) is 0.415. The molecule has 0 amide bonds. The van der Waals surface area contributed by atoms with Crippen molar-refractivity contribution in [3.8, 4) is 5.95 Å². The first-order valence-electron chi connectivity index (χ1n) is 14.4. The fraction of sp³-hybridized carbons (Fsp3) is 0.484. The maximum absolute atomic E-state index is 14.2. The molecule has 0 spiro atoms. The topological polar surface area (TPSA) is 96.3 Å². The minimum Gasteiger partial charge on any atom is -0.381 e. The molecule has 6 rings (SSSR count). The largest absolute Gasteiger partial charge is 0.381 e. The van der Waals surface area contributed by atoms with Gasteiger partial charge in [0.1, 0.15) is 0 Å². The first kappa shape index (κ1) is 30.6. The number of likely N-dealkylation sites (tertiary alicyclic amines) is 1. The van der Waals surface area contributed by atoms with E-state index < -0.39 is 17.8 Å². The van der Waals surface area contributed by atoms with E-state index >= 15 is 0 Å². The van der Waals surface area contributed by atoms with Crippen molar-refractivity contribution in [3.63, 3.8) is 0 Å². The normalized spacial score (nSPS) is 17.8. The number of alkyl halides is 2. The van der Waals surface area contributed by atoms with Gasteiger partial charge in [0, 0.05) is 36.9 Å². The molecule has 1 unspecified atom stereocenters. The molecule has 2 aliphatic rings. The molecule has 2 N–H and O–H groups in total. The van der Waals surface area contributed by atoms with Gasteiger partial charge < -0.3 is 25.2 Å². The maximum Gasteiger partial charge on any atom is 0.296 e. The lowest BCUT2D eigenvalue weighted by Crippen LogP contribution is -2.39. The van der Waals surface area contributed by atoms with Crippen molar-refractivity contribution in [3.05, 3.63) is 59.9 Å². The van der Waals surface area contributed by atoms with E-state index in [2.05, 4.69) is 63.5 Å². The number of nitrogens with one attached hydrogen (secondary N) is 2. The molecular formula is C31H41F2N9O.